The van der Waals surface area contributed by atoms with Gasteiger partial charge in [-0.25, -0.2) is 18.1 Å². The second-order valence-corrected chi connectivity index (χ2v) is 12.7. The van der Waals surface area contributed by atoms with Crippen LogP contribution in [-0.4, -0.2) is 64.9 Å². The molecule has 4 unspecified atom stereocenters. The van der Waals surface area contributed by atoms with Gasteiger partial charge in [0.05, 0.1) is 34.5 Å². The lowest BCUT2D eigenvalue weighted by Crippen LogP contribution is -2.66. The number of carbonyl (C=O) groups is 1. The molecule has 0 radical (unpaired) electrons. The third-order valence-corrected chi connectivity index (χ3v) is 9.74. The number of hydrogen-bond donors (Lipinski definition) is 3. The van der Waals surface area contributed by atoms with Crippen LogP contribution in [0, 0.1) is 0 Å². The topological polar surface area (TPSA) is 116 Å². The van der Waals surface area contributed by atoms with Gasteiger partial charge >= 0.3 is 12.4 Å². The van der Waals surface area contributed by atoms with Crippen molar-refractivity contribution in [2.45, 2.75) is 29.4 Å². The van der Waals surface area contributed by atoms with Crippen molar-refractivity contribution in [3.63, 3.8) is 0 Å². The number of para-hydroxylation sites is 5. The number of amides is 2. The van der Waals surface area contributed by atoms with Crippen molar-refractivity contribution in [3.8, 4) is 17.2 Å². The third kappa shape index (κ3) is 6.45. The minimum atomic E-state index is -4.89. The highest BCUT2D eigenvalue weighted by Crippen LogP contribution is 2.48. The van der Waals surface area contributed by atoms with E-state index in [2.05, 4.69) is 19.1 Å². The Balaban J connectivity index is 1.37. The highest BCUT2D eigenvalue weighted by molar-refractivity contribution is 7.91. The van der Waals surface area contributed by atoms with E-state index in [4.69, 9.17) is 4.74 Å². The number of rotatable bonds is 6. The summed E-state index contributed by atoms with van der Waals surface area (Å²) in [5.41, 5.74) is 1.89. The quantitative estimate of drug-likeness (QED) is 0.231. The number of fused-ring (bicyclic) bond motifs is 2. The monoisotopic (exact) mass is 653 g/mol. The predicted octanol–water partition coefficient (Wildman–Crippen LogP) is 6.14. The van der Waals surface area contributed by atoms with Crippen LogP contribution in [-0.2, 0) is 9.92 Å². The number of hydrogen-bond acceptors (Lipinski definition) is 7. The molecule has 1 saturated heterocycles. The van der Waals surface area contributed by atoms with E-state index in [1.807, 2.05) is 47.4 Å². The second kappa shape index (κ2) is 12.5. The maximum atomic E-state index is 14.2. The first-order valence-electron chi connectivity index (χ1n) is 14.3. The smallest absolute Gasteiger partial charge is 0.453 e. The fourth-order valence-corrected chi connectivity index (χ4v) is 7.18. The van der Waals surface area contributed by atoms with E-state index >= 15 is 0 Å². The molecule has 2 amide bonds. The fourth-order valence-electron chi connectivity index (χ4n) is 5.60. The summed E-state index contributed by atoms with van der Waals surface area (Å²) in [6.07, 6.45) is -6.10. The molecule has 0 spiro atoms. The van der Waals surface area contributed by atoms with E-state index in [9.17, 15) is 27.3 Å². The molecule has 6 rings (SSSR count). The molecule has 4 aromatic rings. The SMILES string of the molecule is CN=S(=O)(NC1CN(C(=O)Nc2ccccc2)CC(N2c3ccccc3Oc3ccccc32)C1O)c1ccc(OC(F)(F)F)cc1. The predicted molar refractivity (Wildman–Crippen MR) is 167 cm³/mol. The molecule has 10 nitrogen and oxygen atoms in total. The molecule has 4 aromatic carbocycles. The molecular weight excluding hydrogens is 623 g/mol. The Morgan fingerprint density at radius 2 is 1.50 bits per heavy atom. The van der Waals surface area contributed by atoms with Crippen molar-refractivity contribution in [1.82, 2.24) is 9.62 Å². The molecule has 2 heterocycles. The average molecular weight is 654 g/mol. The Hall–Kier alpha value is -4.79. The molecule has 2 aliphatic heterocycles. The lowest BCUT2D eigenvalue weighted by atomic mass is 9.94. The van der Waals surface area contributed by atoms with E-state index in [1.54, 1.807) is 36.4 Å². The Morgan fingerprint density at radius 3 is 2.09 bits per heavy atom. The number of likely N-dealkylation sites (tertiary alicyclic amines) is 1. The molecular formula is C32H30F3N5O5S. The number of carbonyl (C=O) groups excluding carboxylic acids is 1. The molecule has 46 heavy (non-hydrogen) atoms. The maximum absolute atomic E-state index is 14.2. The summed E-state index contributed by atoms with van der Waals surface area (Å²) in [5, 5.41) is 14.9. The number of piperidine rings is 1. The van der Waals surface area contributed by atoms with Gasteiger partial charge in [-0.3, -0.25) is 0 Å². The van der Waals surface area contributed by atoms with Gasteiger partial charge in [-0.1, -0.05) is 42.5 Å². The van der Waals surface area contributed by atoms with E-state index in [0.717, 1.165) is 12.1 Å². The molecule has 14 heteroatoms. The minimum Gasteiger partial charge on any atom is -0.453 e. The third-order valence-electron chi connectivity index (χ3n) is 7.69. The average Bonchev–Trinajstić information content (AvgIpc) is 3.04. The number of halogens is 3. The highest BCUT2D eigenvalue weighted by Gasteiger charge is 2.44. The zero-order chi connectivity index (χ0) is 32.5. The molecule has 2 aliphatic rings. The van der Waals surface area contributed by atoms with Crippen LogP contribution in [0.3, 0.4) is 0 Å². The van der Waals surface area contributed by atoms with Gasteiger partial charge < -0.3 is 29.7 Å². The number of urea groups is 1. The Bertz CT molecular complexity index is 1790. The summed E-state index contributed by atoms with van der Waals surface area (Å²) in [6, 6.07) is 25.8. The second-order valence-electron chi connectivity index (χ2n) is 10.6. The standard InChI is InChI=1S/C32H30F3N5O5S/c1-36-46(43,23-17-15-22(16-18-23)45-32(33,34)35)38-24-19-39(31(42)37-21-9-3-2-4-10-21)20-27(30(24)41)40-25-11-5-7-13-28(25)44-29-14-8-6-12-26(29)40/h2-18,24,27,30,41H,19-20H2,1H3,(H,37,42)(H,36,38,43). The van der Waals surface area contributed by atoms with Crippen molar-refractivity contribution in [1.29, 1.82) is 0 Å². The Morgan fingerprint density at radius 1 is 0.913 bits per heavy atom. The molecule has 0 aliphatic carbocycles. The molecule has 0 bridgehead atoms. The van der Waals surface area contributed by atoms with E-state index < -0.39 is 46.2 Å². The lowest BCUT2D eigenvalue weighted by Gasteiger charge is -2.48. The zero-order valence-electron chi connectivity index (χ0n) is 24.4. The summed E-state index contributed by atoms with van der Waals surface area (Å²) in [5.74, 6) is 0.620. The summed E-state index contributed by atoms with van der Waals surface area (Å²) < 4.78 is 69.5. The van der Waals surface area contributed by atoms with Gasteiger partial charge in [0.1, 0.15) is 15.7 Å². The van der Waals surface area contributed by atoms with Crippen LogP contribution in [0.1, 0.15) is 0 Å². The normalized spacial score (nSPS) is 20.4. The number of alkyl halides is 3. The van der Waals surface area contributed by atoms with E-state index in [0.29, 0.717) is 28.6 Å². The van der Waals surface area contributed by atoms with Gasteiger partial charge in [-0.15, -0.1) is 13.2 Å². The molecule has 1 fully saturated rings. The number of anilines is 3. The lowest BCUT2D eigenvalue weighted by molar-refractivity contribution is -0.274. The van der Waals surface area contributed by atoms with Crippen LogP contribution in [0.25, 0.3) is 0 Å². The van der Waals surface area contributed by atoms with E-state index in [1.165, 1.54) is 24.1 Å². The highest BCUT2D eigenvalue weighted by atomic mass is 32.2. The largest absolute Gasteiger partial charge is 0.573 e. The van der Waals surface area contributed by atoms with Gasteiger partial charge in [0, 0.05) is 25.8 Å². The zero-order valence-corrected chi connectivity index (χ0v) is 25.2. The van der Waals surface area contributed by atoms with Gasteiger partial charge in [-0.05, 0) is 60.7 Å². The number of aliphatic hydroxyl groups is 1. The van der Waals surface area contributed by atoms with Crippen molar-refractivity contribution in [2.75, 3.05) is 30.4 Å². The molecule has 3 N–H and O–H groups in total. The van der Waals surface area contributed by atoms with Gasteiger partial charge in [-0.2, -0.15) is 0 Å². The maximum Gasteiger partial charge on any atom is 0.573 e. The summed E-state index contributed by atoms with van der Waals surface area (Å²) in [6.45, 7) is 0.0143. The van der Waals surface area contributed by atoms with Gasteiger partial charge in [0.15, 0.2) is 11.5 Å². The minimum absolute atomic E-state index is 0.0637. The number of benzene rings is 4. The summed E-state index contributed by atoms with van der Waals surface area (Å²) >= 11 is 0. The fraction of sp³-hybridized carbons (Fsp3) is 0.219. The Labute approximate surface area is 263 Å². The first kappa shape index (κ1) is 31.2. The van der Waals surface area contributed by atoms with Crippen molar-refractivity contribution in [3.05, 3.63) is 103 Å². The number of ether oxygens (including phenoxy) is 2. The van der Waals surface area contributed by atoms with Crippen LogP contribution in [0.2, 0.25) is 0 Å². The van der Waals surface area contributed by atoms with Crippen LogP contribution >= 0.6 is 0 Å². The van der Waals surface area contributed by atoms with Gasteiger partial charge in [0.25, 0.3) is 0 Å². The molecule has 0 saturated carbocycles. The van der Waals surface area contributed by atoms with Crippen molar-refractivity contribution < 1.29 is 36.8 Å². The molecule has 4 atom stereocenters. The first-order chi connectivity index (χ1) is 22.0. The number of nitrogens with zero attached hydrogens (tertiary/aromatic N) is 3. The van der Waals surface area contributed by atoms with Crippen molar-refractivity contribution in [2.24, 2.45) is 4.36 Å². The summed E-state index contributed by atoms with van der Waals surface area (Å²) in [7, 11) is -2.20. The van der Waals surface area contributed by atoms with Gasteiger partial charge in [0.2, 0.25) is 0 Å². The van der Waals surface area contributed by atoms with Crippen LogP contribution in [0.5, 0.6) is 17.2 Å². The molecule has 0 aromatic heterocycles. The Kier molecular flexibility index (Phi) is 8.51. The number of nitrogens with one attached hydrogen (secondary N) is 2. The van der Waals surface area contributed by atoms with E-state index in [-0.39, 0.29) is 18.0 Å². The number of aliphatic hydroxyl groups excluding tert-OH is 1. The van der Waals surface area contributed by atoms with Crippen molar-refractivity contribution >= 4 is 33.0 Å². The molecule has 240 valence electrons. The van der Waals surface area contributed by atoms with Crippen LogP contribution in [0.4, 0.5) is 35.0 Å². The van der Waals surface area contributed by atoms with Crippen LogP contribution in [0.15, 0.2) is 112 Å². The first-order valence-corrected chi connectivity index (χ1v) is 15.8. The van der Waals surface area contributed by atoms with Crippen LogP contribution < -0.4 is 24.4 Å². The summed E-state index contributed by atoms with van der Waals surface area (Å²) in [4.78, 5) is 17.1.